The molecule has 0 aliphatic carbocycles. The average Bonchev–Trinajstić information content (AvgIpc) is 3.01. The molecule has 0 bridgehead atoms. The van der Waals surface area contributed by atoms with Crippen molar-refractivity contribution >= 4 is 23.2 Å². The number of ether oxygens (including phenoxy) is 1. The fourth-order valence-corrected chi connectivity index (χ4v) is 3.58. The summed E-state index contributed by atoms with van der Waals surface area (Å²) in [7, 11) is 1.59. The van der Waals surface area contributed by atoms with E-state index in [0.717, 1.165) is 17.1 Å². The summed E-state index contributed by atoms with van der Waals surface area (Å²) in [5.74, 6) is -1.03. The zero-order chi connectivity index (χ0) is 15.6. The number of aromatic nitrogens is 1. The number of methoxy groups -OCH3 is 1. The number of carboxylic acids is 1. The van der Waals surface area contributed by atoms with Crippen molar-refractivity contribution < 1.29 is 19.4 Å². The summed E-state index contributed by atoms with van der Waals surface area (Å²) in [6.07, 6.45) is 1.20. The highest BCUT2D eigenvalue weighted by Crippen LogP contribution is 2.28. The maximum absolute atomic E-state index is 12.7. The fraction of sp³-hybridized carbons (Fsp3) is 0.643. The normalized spacial score (nSPS) is 21.8. The molecule has 1 aliphatic heterocycles. The molecule has 116 valence electrons. The van der Waals surface area contributed by atoms with Crippen LogP contribution in [0.3, 0.4) is 0 Å². The van der Waals surface area contributed by atoms with Crippen LogP contribution >= 0.6 is 11.3 Å². The van der Waals surface area contributed by atoms with Crippen LogP contribution in [0.5, 0.6) is 0 Å². The Morgan fingerprint density at radius 1 is 1.52 bits per heavy atom. The number of hydrogen-bond donors (Lipinski definition) is 1. The number of carbonyl (C=O) groups is 2. The summed E-state index contributed by atoms with van der Waals surface area (Å²) < 4.78 is 5.30. The molecule has 0 saturated carbocycles. The van der Waals surface area contributed by atoms with E-state index in [4.69, 9.17) is 9.84 Å². The van der Waals surface area contributed by atoms with E-state index in [0.29, 0.717) is 17.8 Å². The van der Waals surface area contributed by atoms with Gasteiger partial charge in [0.2, 0.25) is 0 Å². The van der Waals surface area contributed by atoms with Gasteiger partial charge in [-0.3, -0.25) is 9.59 Å². The van der Waals surface area contributed by atoms with Crippen molar-refractivity contribution in [2.75, 3.05) is 13.7 Å². The molecule has 1 amide bonds. The van der Waals surface area contributed by atoms with Gasteiger partial charge in [0.25, 0.3) is 5.91 Å². The molecule has 0 spiro atoms. The van der Waals surface area contributed by atoms with E-state index < -0.39 is 5.97 Å². The van der Waals surface area contributed by atoms with Gasteiger partial charge in [0, 0.05) is 19.7 Å². The number of hydrogen-bond acceptors (Lipinski definition) is 5. The third kappa shape index (κ3) is 3.41. The second-order valence-corrected chi connectivity index (χ2v) is 6.26. The van der Waals surface area contributed by atoms with Gasteiger partial charge >= 0.3 is 5.97 Å². The van der Waals surface area contributed by atoms with Crippen LogP contribution in [0, 0.1) is 6.92 Å². The molecule has 6 nitrogen and oxygen atoms in total. The van der Waals surface area contributed by atoms with Crippen LogP contribution < -0.4 is 0 Å². The summed E-state index contributed by atoms with van der Waals surface area (Å²) in [6.45, 7) is 4.25. The first kappa shape index (κ1) is 15.9. The van der Waals surface area contributed by atoms with E-state index in [1.807, 2.05) is 13.8 Å². The Morgan fingerprint density at radius 2 is 2.24 bits per heavy atom. The zero-order valence-electron chi connectivity index (χ0n) is 12.5. The minimum absolute atomic E-state index is 0.0515. The van der Waals surface area contributed by atoms with Crippen molar-refractivity contribution in [3.8, 4) is 0 Å². The Morgan fingerprint density at radius 3 is 2.76 bits per heavy atom. The van der Waals surface area contributed by atoms with Crippen LogP contribution in [0.15, 0.2) is 0 Å². The molecule has 0 radical (unpaired) electrons. The number of thiazole rings is 1. The van der Waals surface area contributed by atoms with Crippen LogP contribution in [0.2, 0.25) is 0 Å². The van der Waals surface area contributed by atoms with Crippen molar-refractivity contribution in [1.82, 2.24) is 9.88 Å². The summed E-state index contributed by atoms with van der Waals surface area (Å²) >= 11 is 1.39. The minimum Gasteiger partial charge on any atom is -0.481 e. The number of carboxylic acid groups (broad SMARTS) is 1. The first-order valence-corrected chi connectivity index (χ1v) is 7.79. The maximum Gasteiger partial charge on any atom is 0.305 e. The molecule has 2 rings (SSSR count). The number of amides is 1. The molecular weight excluding hydrogens is 292 g/mol. The summed E-state index contributed by atoms with van der Waals surface area (Å²) in [4.78, 5) is 30.3. The molecule has 1 fully saturated rings. The van der Waals surface area contributed by atoms with E-state index >= 15 is 0 Å². The molecule has 21 heavy (non-hydrogen) atoms. The van der Waals surface area contributed by atoms with Crippen LogP contribution in [-0.4, -0.2) is 52.7 Å². The molecule has 1 N–H and O–H groups in total. The average molecular weight is 312 g/mol. The minimum atomic E-state index is -0.898. The smallest absolute Gasteiger partial charge is 0.305 e. The topological polar surface area (TPSA) is 79.7 Å². The Labute approximate surface area is 127 Å². The molecule has 7 heteroatoms. The number of likely N-dealkylation sites (tertiary alicyclic amines) is 1. The van der Waals surface area contributed by atoms with E-state index in [1.54, 1.807) is 12.0 Å². The van der Waals surface area contributed by atoms with Crippen LogP contribution in [0.1, 0.15) is 40.1 Å². The van der Waals surface area contributed by atoms with Gasteiger partial charge in [-0.15, -0.1) is 11.3 Å². The maximum atomic E-state index is 12.7. The van der Waals surface area contributed by atoms with Gasteiger partial charge in [-0.05, 0) is 19.8 Å². The molecule has 1 aromatic rings. The lowest BCUT2D eigenvalue weighted by molar-refractivity contribution is -0.137. The third-order valence-electron chi connectivity index (χ3n) is 3.72. The molecule has 1 aromatic heterocycles. The second-order valence-electron chi connectivity index (χ2n) is 5.18. The first-order chi connectivity index (χ1) is 9.96. The molecule has 2 atom stereocenters. The van der Waals surface area contributed by atoms with E-state index in [2.05, 4.69) is 4.98 Å². The Hall–Kier alpha value is -1.47. The highest BCUT2D eigenvalue weighted by Gasteiger charge is 2.38. The lowest BCUT2D eigenvalue weighted by atomic mass is 10.1. The Kier molecular flexibility index (Phi) is 4.95. The number of carbonyl (C=O) groups excluding carboxylic acids is 1. The van der Waals surface area contributed by atoms with Crippen LogP contribution in [0.4, 0.5) is 0 Å². The standard InChI is InChI=1S/C14H20N2O4S/c1-4-11-15-8(2)13(21-11)14(19)16-7-10(20-3)5-9(16)6-12(17)18/h9-10H,4-7H2,1-3H3,(H,17,18). The molecule has 2 heterocycles. The quantitative estimate of drug-likeness (QED) is 0.895. The molecule has 1 saturated heterocycles. The van der Waals surface area contributed by atoms with Gasteiger partial charge in [-0.25, -0.2) is 4.98 Å². The SMILES string of the molecule is CCc1nc(C)c(C(=O)N2CC(OC)CC2CC(=O)O)s1. The van der Waals surface area contributed by atoms with Crippen molar-refractivity contribution in [1.29, 1.82) is 0 Å². The second kappa shape index (κ2) is 6.53. The predicted molar refractivity (Wildman–Crippen MR) is 78.7 cm³/mol. The Balaban J connectivity index is 2.22. The first-order valence-electron chi connectivity index (χ1n) is 6.98. The lowest BCUT2D eigenvalue weighted by Crippen LogP contribution is -2.37. The highest BCUT2D eigenvalue weighted by atomic mass is 32.1. The van der Waals surface area contributed by atoms with Gasteiger partial charge < -0.3 is 14.7 Å². The fourth-order valence-electron chi connectivity index (χ4n) is 2.62. The van der Waals surface area contributed by atoms with Crippen molar-refractivity contribution in [3.05, 3.63) is 15.6 Å². The number of aryl methyl sites for hydroxylation is 2. The van der Waals surface area contributed by atoms with E-state index in [1.165, 1.54) is 11.3 Å². The highest BCUT2D eigenvalue weighted by molar-refractivity contribution is 7.13. The third-order valence-corrected chi connectivity index (χ3v) is 5.01. The van der Waals surface area contributed by atoms with Crippen LogP contribution in [-0.2, 0) is 16.0 Å². The van der Waals surface area contributed by atoms with Crippen molar-refractivity contribution in [2.24, 2.45) is 0 Å². The van der Waals surface area contributed by atoms with Gasteiger partial charge in [-0.2, -0.15) is 0 Å². The molecular formula is C14H20N2O4S. The molecule has 2 unspecified atom stereocenters. The van der Waals surface area contributed by atoms with E-state index in [9.17, 15) is 9.59 Å². The van der Waals surface area contributed by atoms with Gasteiger partial charge in [0.05, 0.1) is 23.2 Å². The zero-order valence-corrected chi connectivity index (χ0v) is 13.3. The summed E-state index contributed by atoms with van der Waals surface area (Å²) in [6, 6.07) is -0.313. The largest absolute Gasteiger partial charge is 0.481 e. The van der Waals surface area contributed by atoms with Crippen molar-refractivity contribution in [3.63, 3.8) is 0 Å². The monoisotopic (exact) mass is 312 g/mol. The van der Waals surface area contributed by atoms with Gasteiger partial charge in [0.1, 0.15) is 4.88 Å². The van der Waals surface area contributed by atoms with Gasteiger partial charge in [-0.1, -0.05) is 6.92 Å². The summed E-state index contributed by atoms with van der Waals surface area (Å²) in [5, 5.41) is 9.94. The predicted octanol–water partition coefficient (Wildman–Crippen LogP) is 1.72. The van der Waals surface area contributed by atoms with Crippen molar-refractivity contribution in [2.45, 2.75) is 45.3 Å². The molecule has 1 aliphatic rings. The Bertz CT molecular complexity index is 543. The van der Waals surface area contributed by atoms with Crippen LogP contribution in [0.25, 0.3) is 0 Å². The lowest BCUT2D eigenvalue weighted by Gasteiger charge is -2.22. The summed E-state index contributed by atoms with van der Waals surface area (Å²) in [5.41, 5.74) is 0.719. The number of nitrogens with zero attached hydrogens (tertiary/aromatic N) is 2. The molecule has 0 aromatic carbocycles. The van der Waals surface area contributed by atoms with E-state index in [-0.39, 0.29) is 24.5 Å². The van der Waals surface area contributed by atoms with Gasteiger partial charge in [0.15, 0.2) is 0 Å². The number of rotatable bonds is 5. The number of aliphatic carboxylic acids is 1.